The zero-order valence-corrected chi connectivity index (χ0v) is 14.9. The maximum absolute atomic E-state index is 12.8. The molecule has 1 heterocycles. The molecule has 0 aliphatic carbocycles. The molecule has 0 bridgehead atoms. The first kappa shape index (κ1) is 17.4. The predicted molar refractivity (Wildman–Crippen MR) is 90.8 cm³/mol. The van der Waals surface area contributed by atoms with Crippen LogP contribution in [0.5, 0.6) is 23.0 Å². The van der Waals surface area contributed by atoms with Crippen molar-refractivity contribution >= 4 is 10.0 Å². The highest BCUT2D eigenvalue weighted by Gasteiger charge is 2.24. The number of hydrogen-bond donors (Lipinski definition) is 1. The molecule has 134 valence electrons. The Morgan fingerprint density at radius 1 is 1.04 bits per heavy atom. The number of sulfonamides is 1. The number of hydrogen-bond acceptors (Lipinski definition) is 6. The molecule has 1 aliphatic rings. The molecule has 0 radical (unpaired) electrons. The van der Waals surface area contributed by atoms with Crippen LogP contribution < -0.4 is 23.7 Å². The third kappa shape index (κ3) is 3.49. The van der Waals surface area contributed by atoms with Crippen LogP contribution >= 0.6 is 0 Å². The number of rotatable bonds is 6. The molecule has 7 nitrogen and oxygen atoms in total. The minimum Gasteiger partial charge on any atom is -0.497 e. The zero-order valence-electron chi connectivity index (χ0n) is 14.1. The van der Waals surface area contributed by atoms with Crippen molar-refractivity contribution < 1.29 is 27.4 Å². The number of fused-ring (bicyclic) bond motifs is 1. The van der Waals surface area contributed by atoms with Crippen molar-refractivity contribution in [3.05, 3.63) is 42.0 Å². The monoisotopic (exact) mass is 365 g/mol. The maximum atomic E-state index is 12.8. The largest absolute Gasteiger partial charge is 0.497 e. The summed E-state index contributed by atoms with van der Waals surface area (Å²) >= 11 is 0. The van der Waals surface area contributed by atoms with E-state index >= 15 is 0 Å². The van der Waals surface area contributed by atoms with Crippen molar-refractivity contribution in [3.63, 3.8) is 0 Å². The van der Waals surface area contributed by atoms with Crippen molar-refractivity contribution in [1.82, 2.24) is 4.72 Å². The van der Waals surface area contributed by atoms with Gasteiger partial charge in [-0.05, 0) is 36.8 Å². The summed E-state index contributed by atoms with van der Waals surface area (Å²) < 4.78 is 49.1. The molecular weight excluding hydrogens is 346 g/mol. The van der Waals surface area contributed by atoms with E-state index < -0.39 is 16.1 Å². The molecule has 1 unspecified atom stereocenters. The molecule has 1 atom stereocenters. The summed E-state index contributed by atoms with van der Waals surface area (Å²) in [6.07, 6.45) is 0. The van der Waals surface area contributed by atoms with Crippen molar-refractivity contribution in [2.24, 2.45) is 0 Å². The summed E-state index contributed by atoms with van der Waals surface area (Å²) in [6.45, 7) is 1.92. The molecule has 0 aromatic heterocycles. The highest BCUT2D eigenvalue weighted by atomic mass is 32.2. The minimum absolute atomic E-state index is 0.0157. The third-order valence-corrected chi connectivity index (χ3v) is 5.45. The third-order valence-electron chi connectivity index (χ3n) is 3.89. The van der Waals surface area contributed by atoms with Crippen LogP contribution in [-0.2, 0) is 10.0 Å². The Kier molecular flexibility index (Phi) is 4.73. The molecule has 2 aromatic carbocycles. The Hall–Kier alpha value is -2.45. The van der Waals surface area contributed by atoms with E-state index in [4.69, 9.17) is 18.9 Å². The Bertz CT molecular complexity index is 881. The lowest BCUT2D eigenvalue weighted by Gasteiger charge is -2.17. The van der Waals surface area contributed by atoms with Gasteiger partial charge in [0.05, 0.1) is 14.2 Å². The highest BCUT2D eigenvalue weighted by Crippen LogP contribution is 2.35. The van der Waals surface area contributed by atoms with Gasteiger partial charge in [0.15, 0.2) is 11.5 Å². The summed E-state index contributed by atoms with van der Waals surface area (Å²) in [5.74, 6) is 1.92. The fourth-order valence-corrected chi connectivity index (χ4v) is 3.96. The molecule has 0 saturated heterocycles. The smallest absolute Gasteiger partial charge is 0.244 e. The Morgan fingerprint density at radius 2 is 1.80 bits per heavy atom. The fourth-order valence-electron chi connectivity index (χ4n) is 2.54. The van der Waals surface area contributed by atoms with Crippen LogP contribution in [0.4, 0.5) is 0 Å². The summed E-state index contributed by atoms with van der Waals surface area (Å²) in [4.78, 5) is 0.0157. The molecular formula is C17H19NO6S. The normalized spacial score (nSPS) is 14.2. The van der Waals surface area contributed by atoms with Crippen LogP contribution in [0.3, 0.4) is 0 Å². The van der Waals surface area contributed by atoms with Gasteiger partial charge in [-0.15, -0.1) is 0 Å². The Balaban J connectivity index is 1.88. The number of nitrogens with one attached hydrogen (secondary N) is 1. The number of methoxy groups -OCH3 is 2. The lowest BCUT2D eigenvalue weighted by molar-refractivity contribution is 0.174. The van der Waals surface area contributed by atoms with E-state index in [-0.39, 0.29) is 17.4 Å². The van der Waals surface area contributed by atoms with E-state index in [1.807, 2.05) is 0 Å². The maximum Gasteiger partial charge on any atom is 0.244 e. The van der Waals surface area contributed by atoms with E-state index in [1.165, 1.54) is 20.3 Å². The number of benzene rings is 2. The SMILES string of the molecule is COc1ccc(OC)c(S(=O)(=O)NC(C)c2ccc3c(c2)OCO3)c1. The Labute approximate surface area is 146 Å². The summed E-state index contributed by atoms with van der Waals surface area (Å²) in [7, 11) is -0.932. The van der Waals surface area contributed by atoms with Gasteiger partial charge in [0.2, 0.25) is 16.8 Å². The van der Waals surface area contributed by atoms with E-state index in [9.17, 15) is 8.42 Å². The van der Waals surface area contributed by atoms with Crippen molar-refractivity contribution in [3.8, 4) is 23.0 Å². The van der Waals surface area contributed by atoms with Gasteiger partial charge < -0.3 is 18.9 Å². The van der Waals surface area contributed by atoms with Gasteiger partial charge in [-0.3, -0.25) is 0 Å². The van der Waals surface area contributed by atoms with E-state index in [2.05, 4.69) is 4.72 Å². The topological polar surface area (TPSA) is 83.1 Å². The van der Waals surface area contributed by atoms with Gasteiger partial charge in [0.1, 0.15) is 16.4 Å². The van der Waals surface area contributed by atoms with Gasteiger partial charge in [-0.2, -0.15) is 0 Å². The van der Waals surface area contributed by atoms with Gasteiger partial charge in [0.25, 0.3) is 0 Å². The molecule has 0 fully saturated rings. The van der Waals surface area contributed by atoms with Crippen LogP contribution in [0.2, 0.25) is 0 Å². The summed E-state index contributed by atoms with van der Waals surface area (Å²) in [5, 5.41) is 0. The first-order chi connectivity index (χ1) is 11.9. The van der Waals surface area contributed by atoms with Crippen LogP contribution in [0.25, 0.3) is 0 Å². The van der Waals surface area contributed by atoms with Gasteiger partial charge >= 0.3 is 0 Å². The van der Waals surface area contributed by atoms with Gasteiger partial charge in [0, 0.05) is 12.1 Å². The standard InChI is InChI=1S/C17H19NO6S/c1-11(12-4-6-14-16(8-12)24-10-23-14)18-25(19,20)17-9-13(21-2)5-7-15(17)22-3/h4-9,11,18H,10H2,1-3H3. The van der Waals surface area contributed by atoms with E-state index in [1.54, 1.807) is 37.3 Å². The lowest BCUT2D eigenvalue weighted by atomic mass is 10.1. The van der Waals surface area contributed by atoms with Crippen LogP contribution in [0.1, 0.15) is 18.5 Å². The lowest BCUT2D eigenvalue weighted by Crippen LogP contribution is -2.27. The van der Waals surface area contributed by atoms with Crippen molar-refractivity contribution in [1.29, 1.82) is 0 Å². The minimum atomic E-state index is -3.82. The Morgan fingerprint density at radius 3 is 2.52 bits per heavy atom. The zero-order chi connectivity index (χ0) is 18.0. The second-order valence-corrected chi connectivity index (χ2v) is 7.15. The highest BCUT2D eigenvalue weighted by molar-refractivity contribution is 7.89. The molecule has 1 N–H and O–H groups in total. The second kappa shape index (κ2) is 6.81. The van der Waals surface area contributed by atoms with Gasteiger partial charge in [-0.1, -0.05) is 6.07 Å². The van der Waals surface area contributed by atoms with Crippen molar-refractivity contribution in [2.45, 2.75) is 17.9 Å². The molecule has 0 saturated carbocycles. The fraction of sp³-hybridized carbons (Fsp3) is 0.294. The van der Waals surface area contributed by atoms with Crippen molar-refractivity contribution in [2.75, 3.05) is 21.0 Å². The molecule has 25 heavy (non-hydrogen) atoms. The first-order valence-electron chi connectivity index (χ1n) is 7.58. The van der Waals surface area contributed by atoms with Crippen LogP contribution in [0, 0.1) is 0 Å². The van der Waals surface area contributed by atoms with E-state index in [0.29, 0.717) is 17.2 Å². The quantitative estimate of drug-likeness (QED) is 0.847. The molecule has 8 heteroatoms. The van der Waals surface area contributed by atoms with E-state index in [0.717, 1.165) is 5.56 Å². The molecule has 1 aliphatic heterocycles. The number of ether oxygens (including phenoxy) is 4. The molecule has 3 rings (SSSR count). The summed E-state index contributed by atoms with van der Waals surface area (Å²) in [6, 6.07) is 9.46. The average molecular weight is 365 g/mol. The molecule has 0 spiro atoms. The second-order valence-electron chi connectivity index (χ2n) is 5.47. The molecule has 2 aromatic rings. The average Bonchev–Trinajstić information content (AvgIpc) is 3.08. The van der Waals surface area contributed by atoms with Crippen LogP contribution in [-0.4, -0.2) is 29.4 Å². The summed E-state index contributed by atoms with van der Waals surface area (Å²) in [5.41, 5.74) is 0.759. The van der Waals surface area contributed by atoms with Crippen LogP contribution in [0.15, 0.2) is 41.3 Å². The first-order valence-corrected chi connectivity index (χ1v) is 9.07. The predicted octanol–water partition coefficient (Wildman–Crippen LogP) is 2.47. The molecule has 0 amide bonds. The van der Waals surface area contributed by atoms with Gasteiger partial charge in [-0.25, -0.2) is 13.1 Å².